The van der Waals surface area contributed by atoms with Crippen LogP contribution in [0, 0.1) is 11.8 Å². The zero-order valence-electron chi connectivity index (χ0n) is 11.1. The van der Waals surface area contributed by atoms with Crippen molar-refractivity contribution in [1.82, 2.24) is 9.97 Å². The molecule has 1 fully saturated rings. The summed E-state index contributed by atoms with van der Waals surface area (Å²) in [6.45, 7) is 2.26. The Balaban J connectivity index is 1.68. The number of aromatic nitrogens is 2. The fourth-order valence-electron chi connectivity index (χ4n) is 2.75. The average molecular weight is 257 g/mol. The fourth-order valence-corrected chi connectivity index (χ4v) is 2.75. The van der Waals surface area contributed by atoms with Gasteiger partial charge >= 0.3 is 0 Å². The van der Waals surface area contributed by atoms with Gasteiger partial charge in [0.1, 0.15) is 0 Å². The zero-order chi connectivity index (χ0) is 13.2. The van der Waals surface area contributed by atoms with Gasteiger partial charge in [0.15, 0.2) is 0 Å². The van der Waals surface area contributed by atoms with Gasteiger partial charge in [-0.1, -0.05) is 19.1 Å². The predicted octanol–water partition coefficient (Wildman–Crippen LogP) is 3.33. The fraction of sp³-hybridized carbons (Fsp3) is 0.467. The summed E-state index contributed by atoms with van der Waals surface area (Å²) >= 11 is 0. The maximum absolute atomic E-state index is 12.2. The van der Waals surface area contributed by atoms with Crippen LogP contribution in [0.3, 0.4) is 0 Å². The van der Waals surface area contributed by atoms with E-state index in [1.165, 1.54) is 0 Å². The quantitative estimate of drug-likeness (QED) is 0.867. The Bertz CT molecular complexity index is 549. The molecule has 1 amide bonds. The number of aromatic amines is 1. The first kappa shape index (κ1) is 12.2. The van der Waals surface area contributed by atoms with Gasteiger partial charge in [0.25, 0.3) is 0 Å². The number of carbonyl (C=O) groups excluding carboxylic acids is 1. The summed E-state index contributed by atoms with van der Waals surface area (Å²) in [6.07, 6.45) is 4.29. The Morgan fingerprint density at radius 2 is 2.00 bits per heavy atom. The van der Waals surface area contributed by atoms with Crippen LogP contribution in [0.1, 0.15) is 32.6 Å². The molecule has 0 atom stereocenters. The van der Waals surface area contributed by atoms with Crippen LogP contribution in [0.4, 0.5) is 5.95 Å². The standard InChI is InChI=1S/C15H19N3O/c1-10-6-8-11(9-7-10)14(19)18-15-16-12-4-2-3-5-13(12)17-15/h2-5,10-11H,6-9H2,1H3,(H2,16,17,18,19). The van der Waals surface area contributed by atoms with E-state index in [-0.39, 0.29) is 11.8 Å². The van der Waals surface area contributed by atoms with Crippen LogP contribution in [0.2, 0.25) is 0 Å². The molecule has 19 heavy (non-hydrogen) atoms. The van der Waals surface area contributed by atoms with Gasteiger partial charge in [0.05, 0.1) is 11.0 Å². The lowest BCUT2D eigenvalue weighted by Crippen LogP contribution is -2.27. The van der Waals surface area contributed by atoms with E-state index < -0.39 is 0 Å². The molecule has 0 aliphatic heterocycles. The highest BCUT2D eigenvalue weighted by molar-refractivity contribution is 5.92. The minimum atomic E-state index is 0.103. The van der Waals surface area contributed by atoms with E-state index in [0.717, 1.165) is 42.6 Å². The van der Waals surface area contributed by atoms with Gasteiger partial charge in [-0.3, -0.25) is 10.1 Å². The number of carbonyl (C=O) groups is 1. The number of imidazole rings is 1. The number of hydrogen-bond acceptors (Lipinski definition) is 2. The van der Waals surface area contributed by atoms with Crippen LogP contribution < -0.4 is 5.32 Å². The smallest absolute Gasteiger partial charge is 0.229 e. The van der Waals surface area contributed by atoms with Crippen molar-refractivity contribution >= 4 is 22.9 Å². The molecule has 1 aromatic carbocycles. The molecule has 1 aromatic heterocycles. The van der Waals surface area contributed by atoms with Crippen LogP contribution in [-0.2, 0) is 4.79 Å². The van der Waals surface area contributed by atoms with E-state index in [2.05, 4.69) is 22.2 Å². The SMILES string of the molecule is CC1CCC(C(=O)Nc2nc3ccccc3[nH]2)CC1. The number of rotatable bonds is 2. The van der Waals surface area contributed by atoms with Crippen LogP contribution in [0.5, 0.6) is 0 Å². The van der Waals surface area contributed by atoms with Gasteiger partial charge in [-0.25, -0.2) is 4.98 Å². The lowest BCUT2D eigenvalue weighted by atomic mass is 9.82. The molecule has 0 spiro atoms. The minimum Gasteiger partial charge on any atom is -0.324 e. The van der Waals surface area contributed by atoms with E-state index in [1.807, 2.05) is 24.3 Å². The minimum absolute atomic E-state index is 0.103. The van der Waals surface area contributed by atoms with Crippen LogP contribution in [0.15, 0.2) is 24.3 Å². The third kappa shape index (κ3) is 2.62. The lowest BCUT2D eigenvalue weighted by molar-refractivity contribution is -0.121. The number of nitrogens with one attached hydrogen (secondary N) is 2. The molecule has 0 bridgehead atoms. The predicted molar refractivity (Wildman–Crippen MR) is 75.8 cm³/mol. The summed E-state index contributed by atoms with van der Waals surface area (Å²) in [4.78, 5) is 19.7. The third-order valence-electron chi connectivity index (χ3n) is 4.02. The molecule has 1 heterocycles. The van der Waals surface area contributed by atoms with Crippen molar-refractivity contribution in [3.63, 3.8) is 0 Å². The van der Waals surface area contributed by atoms with Gasteiger partial charge in [-0.05, 0) is 43.7 Å². The third-order valence-corrected chi connectivity index (χ3v) is 4.02. The van der Waals surface area contributed by atoms with E-state index in [4.69, 9.17) is 0 Å². The molecule has 100 valence electrons. The molecular weight excluding hydrogens is 238 g/mol. The number of nitrogens with zero attached hydrogens (tertiary/aromatic N) is 1. The topological polar surface area (TPSA) is 57.8 Å². The van der Waals surface area contributed by atoms with E-state index >= 15 is 0 Å². The molecule has 0 radical (unpaired) electrons. The van der Waals surface area contributed by atoms with Gasteiger partial charge in [-0.15, -0.1) is 0 Å². The van der Waals surface area contributed by atoms with Crippen molar-refractivity contribution < 1.29 is 4.79 Å². The molecule has 1 saturated carbocycles. The van der Waals surface area contributed by atoms with Crippen molar-refractivity contribution in [2.75, 3.05) is 5.32 Å². The summed E-state index contributed by atoms with van der Waals surface area (Å²) in [6, 6.07) is 7.79. The highest BCUT2D eigenvalue weighted by atomic mass is 16.2. The maximum Gasteiger partial charge on any atom is 0.229 e. The number of anilines is 1. The highest BCUT2D eigenvalue weighted by Crippen LogP contribution is 2.29. The molecule has 2 N–H and O–H groups in total. The van der Waals surface area contributed by atoms with Crippen molar-refractivity contribution in [3.8, 4) is 0 Å². The number of fused-ring (bicyclic) bond motifs is 1. The van der Waals surface area contributed by atoms with Crippen molar-refractivity contribution in [2.45, 2.75) is 32.6 Å². The van der Waals surface area contributed by atoms with E-state index in [9.17, 15) is 4.79 Å². The summed E-state index contributed by atoms with van der Waals surface area (Å²) in [5.74, 6) is 1.57. The number of benzene rings is 1. The molecule has 4 nitrogen and oxygen atoms in total. The Morgan fingerprint density at radius 3 is 2.74 bits per heavy atom. The number of amides is 1. The van der Waals surface area contributed by atoms with Gasteiger partial charge in [0.2, 0.25) is 11.9 Å². The first-order chi connectivity index (χ1) is 9.22. The van der Waals surface area contributed by atoms with Crippen molar-refractivity contribution in [3.05, 3.63) is 24.3 Å². The Hall–Kier alpha value is -1.84. The van der Waals surface area contributed by atoms with Crippen LogP contribution in [-0.4, -0.2) is 15.9 Å². The van der Waals surface area contributed by atoms with Crippen LogP contribution >= 0.6 is 0 Å². The second kappa shape index (κ2) is 5.03. The molecule has 0 unspecified atom stereocenters. The Morgan fingerprint density at radius 1 is 1.26 bits per heavy atom. The van der Waals surface area contributed by atoms with Crippen molar-refractivity contribution in [2.24, 2.45) is 11.8 Å². The molecule has 1 aliphatic rings. The maximum atomic E-state index is 12.2. The van der Waals surface area contributed by atoms with Crippen LogP contribution in [0.25, 0.3) is 11.0 Å². The molecular formula is C15H19N3O. The first-order valence-electron chi connectivity index (χ1n) is 6.98. The summed E-state index contributed by atoms with van der Waals surface area (Å²) in [7, 11) is 0. The summed E-state index contributed by atoms with van der Waals surface area (Å²) in [5.41, 5.74) is 1.84. The average Bonchev–Trinajstić information content (AvgIpc) is 2.81. The number of para-hydroxylation sites is 2. The molecule has 1 aliphatic carbocycles. The normalized spacial score (nSPS) is 23.4. The second-order valence-electron chi connectivity index (χ2n) is 5.55. The van der Waals surface area contributed by atoms with Gasteiger partial charge in [0, 0.05) is 5.92 Å². The van der Waals surface area contributed by atoms with Gasteiger partial charge < -0.3 is 4.98 Å². The van der Waals surface area contributed by atoms with Gasteiger partial charge in [-0.2, -0.15) is 0 Å². The summed E-state index contributed by atoms with van der Waals surface area (Å²) < 4.78 is 0. The monoisotopic (exact) mass is 257 g/mol. The molecule has 4 heteroatoms. The number of H-pyrrole nitrogens is 1. The Labute approximate surface area is 112 Å². The number of hydrogen-bond donors (Lipinski definition) is 2. The van der Waals surface area contributed by atoms with E-state index in [0.29, 0.717) is 5.95 Å². The molecule has 2 aromatic rings. The largest absolute Gasteiger partial charge is 0.324 e. The zero-order valence-corrected chi connectivity index (χ0v) is 11.1. The summed E-state index contributed by atoms with van der Waals surface area (Å²) in [5, 5.41) is 2.91. The Kier molecular flexibility index (Phi) is 3.23. The highest BCUT2D eigenvalue weighted by Gasteiger charge is 2.24. The lowest BCUT2D eigenvalue weighted by Gasteiger charge is -2.24. The molecule has 3 rings (SSSR count). The second-order valence-corrected chi connectivity index (χ2v) is 5.55. The van der Waals surface area contributed by atoms with E-state index in [1.54, 1.807) is 0 Å². The van der Waals surface area contributed by atoms with Crippen molar-refractivity contribution in [1.29, 1.82) is 0 Å². The first-order valence-corrected chi connectivity index (χ1v) is 6.98. The molecule has 0 saturated heterocycles.